The lowest BCUT2D eigenvalue weighted by molar-refractivity contribution is -0.0110. The number of phenolic OH excluding ortho intramolecular Hbond substituents is 1. The molecule has 0 bridgehead atoms. The van der Waals surface area contributed by atoms with E-state index in [9.17, 15) is 5.11 Å². The van der Waals surface area contributed by atoms with Gasteiger partial charge in [0, 0.05) is 59.5 Å². The first-order chi connectivity index (χ1) is 17.5. The van der Waals surface area contributed by atoms with Crippen molar-refractivity contribution in [3.05, 3.63) is 75.8 Å². The van der Waals surface area contributed by atoms with Gasteiger partial charge in [-0.2, -0.15) is 0 Å². The van der Waals surface area contributed by atoms with Crippen LogP contribution in [0.3, 0.4) is 0 Å². The molecule has 1 aliphatic rings. The molecule has 0 amide bonds. The molecule has 0 saturated carbocycles. The van der Waals surface area contributed by atoms with E-state index in [4.69, 9.17) is 18.9 Å². The number of methoxy groups -OCH3 is 4. The number of nitrogens with zero attached hydrogens (tertiary/aromatic N) is 2. The Morgan fingerprint density at radius 2 is 1.28 bits per heavy atom. The van der Waals surface area contributed by atoms with Crippen LogP contribution in [-0.2, 0) is 13.1 Å². The van der Waals surface area contributed by atoms with Crippen molar-refractivity contribution in [1.29, 1.82) is 0 Å². The van der Waals surface area contributed by atoms with Crippen molar-refractivity contribution in [2.24, 2.45) is 0 Å². The number of phenols is 1. The van der Waals surface area contributed by atoms with Crippen molar-refractivity contribution in [3.63, 3.8) is 0 Å². The van der Waals surface area contributed by atoms with Gasteiger partial charge in [-0.25, -0.2) is 0 Å². The minimum atomic E-state index is -0.158. The Hall–Kier alpha value is -2.94. The van der Waals surface area contributed by atoms with E-state index >= 15 is 0 Å². The van der Waals surface area contributed by atoms with Gasteiger partial charge in [-0.3, -0.25) is 9.80 Å². The van der Waals surface area contributed by atoms with Crippen molar-refractivity contribution < 1.29 is 24.1 Å². The summed E-state index contributed by atoms with van der Waals surface area (Å²) in [4.78, 5) is 4.76. The molecule has 0 atom stereocenters. The van der Waals surface area contributed by atoms with E-state index in [1.807, 2.05) is 48.5 Å². The fourth-order valence-electron chi connectivity index (χ4n) is 4.81. The average molecular weight is 557 g/mol. The summed E-state index contributed by atoms with van der Waals surface area (Å²) in [5.74, 6) is 3.33. The van der Waals surface area contributed by atoms with Gasteiger partial charge in [-0.1, -0.05) is 28.1 Å². The molecule has 1 heterocycles. The molecule has 1 saturated heterocycles. The zero-order valence-electron chi connectivity index (χ0n) is 21.2. The Balaban J connectivity index is 1.72. The Bertz CT molecular complexity index is 1120. The highest BCUT2D eigenvalue weighted by atomic mass is 79.9. The van der Waals surface area contributed by atoms with Gasteiger partial charge < -0.3 is 24.1 Å². The van der Waals surface area contributed by atoms with Crippen LogP contribution in [0, 0.1) is 0 Å². The predicted molar refractivity (Wildman–Crippen MR) is 143 cm³/mol. The van der Waals surface area contributed by atoms with Gasteiger partial charge in [0.15, 0.2) is 0 Å². The first-order valence-electron chi connectivity index (χ1n) is 11.9. The zero-order valence-corrected chi connectivity index (χ0v) is 22.7. The molecule has 0 aromatic heterocycles. The molecule has 4 rings (SSSR count). The SMILES string of the molecule is COc1ccc(CN2CCCN(Cc3ccc(OC)cc3OC)C2c2cc(Br)ccc2O)c(OC)c1. The number of halogens is 1. The highest BCUT2D eigenvalue weighted by Crippen LogP contribution is 2.40. The molecule has 0 radical (unpaired) electrons. The van der Waals surface area contributed by atoms with Gasteiger partial charge in [0.1, 0.15) is 28.7 Å². The van der Waals surface area contributed by atoms with Gasteiger partial charge in [0.05, 0.1) is 34.6 Å². The summed E-state index contributed by atoms with van der Waals surface area (Å²) in [6.07, 6.45) is 0.831. The lowest BCUT2D eigenvalue weighted by atomic mass is 10.0. The molecule has 0 unspecified atom stereocenters. The summed E-state index contributed by atoms with van der Waals surface area (Å²) >= 11 is 3.60. The lowest BCUT2D eigenvalue weighted by Crippen LogP contribution is -2.47. The van der Waals surface area contributed by atoms with E-state index in [1.54, 1.807) is 34.5 Å². The number of hydrogen-bond donors (Lipinski definition) is 1. The lowest BCUT2D eigenvalue weighted by Gasteiger charge is -2.44. The third-order valence-corrected chi connectivity index (χ3v) is 7.08. The first-order valence-corrected chi connectivity index (χ1v) is 12.6. The molecule has 0 spiro atoms. The smallest absolute Gasteiger partial charge is 0.127 e. The fraction of sp³-hybridized carbons (Fsp3) is 0.357. The standard InChI is InChI=1S/C28H33BrN2O5/c1-33-22-9-6-19(26(15-22)35-3)17-30-12-5-13-31(28(30)24-14-21(29)8-11-25(24)32)18-20-7-10-23(34-2)16-27(20)36-4/h6-11,14-16,28,32H,5,12-13,17-18H2,1-4H3. The van der Waals surface area contributed by atoms with Crippen molar-refractivity contribution in [2.75, 3.05) is 41.5 Å². The average Bonchev–Trinajstić information content (AvgIpc) is 2.90. The first kappa shape index (κ1) is 26.1. The molecule has 1 aliphatic heterocycles. The van der Waals surface area contributed by atoms with Gasteiger partial charge in [0.2, 0.25) is 0 Å². The maximum Gasteiger partial charge on any atom is 0.127 e. The van der Waals surface area contributed by atoms with Gasteiger partial charge >= 0.3 is 0 Å². The molecular formula is C28H33BrN2O5. The Morgan fingerprint density at radius 1 is 0.750 bits per heavy atom. The van der Waals surface area contributed by atoms with Crippen LogP contribution in [0.15, 0.2) is 59.1 Å². The maximum atomic E-state index is 10.9. The molecule has 36 heavy (non-hydrogen) atoms. The molecule has 1 fully saturated rings. The second-order valence-corrected chi connectivity index (χ2v) is 9.64. The molecule has 1 N–H and O–H groups in total. The van der Waals surface area contributed by atoms with E-state index in [0.717, 1.165) is 63.7 Å². The quantitative estimate of drug-likeness (QED) is 0.368. The van der Waals surface area contributed by atoms with Crippen LogP contribution in [0.5, 0.6) is 28.7 Å². The normalized spacial score (nSPS) is 15.0. The van der Waals surface area contributed by atoms with Crippen LogP contribution in [0.25, 0.3) is 0 Å². The Morgan fingerprint density at radius 3 is 1.75 bits per heavy atom. The number of rotatable bonds is 9. The van der Waals surface area contributed by atoms with Crippen molar-refractivity contribution in [2.45, 2.75) is 25.7 Å². The van der Waals surface area contributed by atoms with Crippen molar-refractivity contribution in [3.8, 4) is 28.7 Å². The summed E-state index contributed by atoms with van der Waals surface area (Å²) in [6.45, 7) is 3.06. The summed E-state index contributed by atoms with van der Waals surface area (Å²) < 4.78 is 23.0. The van der Waals surface area contributed by atoms with Gasteiger partial charge in [-0.05, 0) is 36.8 Å². The van der Waals surface area contributed by atoms with Gasteiger partial charge in [0.25, 0.3) is 0 Å². The predicted octanol–water partition coefficient (Wildman–Crippen LogP) is 5.60. The molecular weight excluding hydrogens is 524 g/mol. The largest absolute Gasteiger partial charge is 0.508 e. The molecule has 3 aromatic rings. The van der Waals surface area contributed by atoms with Gasteiger partial charge in [-0.15, -0.1) is 0 Å². The van der Waals surface area contributed by atoms with E-state index < -0.39 is 0 Å². The maximum absolute atomic E-state index is 10.9. The van der Waals surface area contributed by atoms with Crippen molar-refractivity contribution >= 4 is 15.9 Å². The summed E-state index contributed by atoms with van der Waals surface area (Å²) in [5, 5.41) is 10.9. The third-order valence-electron chi connectivity index (χ3n) is 6.59. The summed E-state index contributed by atoms with van der Waals surface area (Å²) in [5.41, 5.74) is 2.97. The topological polar surface area (TPSA) is 63.6 Å². The number of ether oxygens (including phenoxy) is 4. The fourth-order valence-corrected chi connectivity index (χ4v) is 5.19. The summed E-state index contributed by atoms with van der Waals surface area (Å²) in [7, 11) is 6.65. The minimum Gasteiger partial charge on any atom is -0.508 e. The highest BCUT2D eigenvalue weighted by Gasteiger charge is 2.33. The van der Waals surface area contributed by atoms with Crippen molar-refractivity contribution in [1.82, 2.24) is 9.80 Å². The third kappa shape index (κ3) is 5.72. The van der Waals surface area contributed by atoms with Crippen LogP contribution in [0.2, 0.25) is 0 Å². The summed E-state index contributed by atoms with van der Waals surface area (Å²) in [6, 6.07) is 17.4. The molecule has 192 valence electrons. The number of hydrogen-bond acceptors (Lipinski definition) is 7. The van der Waals surface area contributed by atoms with E-state index in [-0.39, 0.29) is 11.9 Å². The minimum absolute atomic E-state index is 0.158. The monoisotopic (exact) mass is 556 g/mol. The van der Waals surface area contributed by atoms with Crippen LogP contribution in [0.4, 0.5) is 0 Å². The van der Waals surface area contributed by atoms with Crippen LogP contribution < -0.4 is 18.9 Å². The Labute approximate surface area is 221 Å². The van der Waals surface area contributed by atoms with Crippen LogP contribution in [-0.4, -0.2) is 56.4 Å². The highest BCUT2D eigenvalue weighted by molar-refractivity contribution is 9.10. The van der Waals surface area contributed by atoms with E-state index in [1.165, 1.54) is 0 Å². The van der Waals surface area contributed by atoms with E-state index in [0.29, 0.717) is 13.1 Å². The molecule has 0 aliphatic carbocycles. The molecule has 3 aromatic carbocycles. The number of aromatic hydroxyl groups is 1. The van der Waals surface area contributed by atoms with Crippen LogP contribution in [0.1, 0.15) is 29.3 Å². The molecule has 8 heteroatoms. The number of benzene rings is 3. The molecule has 7 nitrogen and oxygen atoms in total. The Kier molecular flexibility index (Phi) is 8.61. The van der Waals surface area contributed by atoms with E-state index in [2.05, 4.69) is 25.7 Å². The van der Waals surface area contributed by atoms with Crippen LogP contribution >= 0.6 is 15.9 Å². The zero-order chi connectivity index (χ0) is 25.7. The second kappa shape index (κ2) is 11.9. The second-order valence-electron chi connectivity index (χ2n) is 8.73.